The Hall–Kier alpha value is -3.29. The summed E-state index contributed by atoms with van der Waals surface area (Å²) in [5.41, 5.74) is 1.13. The van der Waals surface area contributed by atoms with Crippen molar-refractivity contribution in [1.82, 2.24) is 10.3 Å². The molecule has 5 nitrogen and oxygen atoms in total. The van der Waals surface area contributed by atoms with E-state index in [0.29, 0.717) is 22.8 Å². The molecule has 1 N–H and O–H groups in total. The van der Waals surface area contributed by atoms with Crippen molar-refractivity contribution in [3.8, 4) is 17.1 Å². The standard InChI is InChI=1S/C21H19F3N2O3/c1-13(16-4-2-3-5-17(16)29-21(23)24)26-19(27)10-11-20-25-12-18(28-20)14-6-8-15(22)9-7-14/h2-9,12-13,21H,10-11H2,1H3,(H,26,27). The Morgan fingerprint density at radius 2 is 1.90 bits per heavy atom. The molecule has 1 amide bonds. The average molecular weight is 404 g/mol. The zero-order valence-corrected chi connectivity index (χ0v) is 15.6. The summed E-state index contributed by atoms with van der Waals surface area (Å²) in [6, 6.07) is 11.6. The maximum Gasteiger partial charge on any atom is 0.387 e. The van der Waals surface area contributed by atoms with E-state index in [0.717, 1.165) is 0 Å². The van der Waals surface area contributed by atoms with Gasteiger partial charge in [-0.05, 0) is 37.3 Å². The van der Waals surface area contributed by atoms with Gasteiger partial charge >= 0.3 is 6.61 Å². The minimum atomic E-state index is -2.95. The lowest BCUT2D eigenvalue weighted by atomic mass is 10.1. The number of oxazole rings is 1. The first-order valence-electron chi connectivity index (χ1n) is 8.96. The van der Waals surface area contributed by atoms with Gasteiger partial charge < -0.3 is 14.5 Å². The first-order valence-corrected chi connectivity index (χ1v) is 8.96. The van der Waals surface area contributed by atoms with Crippen molar-refractivity contribution in [2.24, 2.45) is 0 Å². The largest absolute Gasteiger partial charge is 0.441 e. The summed E-state index contributed by atoms with van der Waals surface area (Å²) in [6.07, 6.45) is 1.88. The summed E-state index contributed by atoms with van der Waals surface area (Å²) in [7, 11) is 0. The normalized spacial score (nSPS) is 12.0. The van der Waals surface area contributed by atoms with Crippen molar-refractivity contribution >= 4 is 5.91 Å². The van der Waals surface area contributed by atoms with Crippen LogP contribution in [-0.4, -0.2) is 17.5 Å². The molecule has 3 aromatic rings. The molecule has 0 saturated heterocycles. The topological polar surface area (TPSA) is 64.4 Å². The number of carbonyl (C=O) groups is 1. The number of alkyl halides is 2. The number of aromatic nitrogens is 1. The molecule has 0 saturated carbocycles. The van der Waals surface area contributed by atoms with Crippen molar-refractivity contribution < 1.29 is 27.1 Å². The van der Waals surface area contributed by atoms with Gasteiger partial charge in [0.2, 0.25) is 5.91 Å². The molecule has 1 atom stereocenters. The average Bonchev–Trinajstić information content (AvgIpc) is 3.16. The van der Waals surface area contributed by atoms with Gasteiger partial charge in [-0.2, -0.15) is 8.78 Å². The number of hydrogen-bond acceptors (Lipinski definition) is 4. The van der Waals surface area contributed by atoms with Crippen LogP contribution in [0.3, 0.4) is 0 Å². The van der Waals surface area contributed by atoms with E-state index < -0.39 is 12.7 Å². The van der Waals surface area contributed by atoms with Gasteiger partial charge in [0.25, 0.3) is 0 Å². The van der Waals surface area contributed by atoms with Crippen molar-refractivity contribution in [3.63, 3.8) is 0 Å². The third kappa shape index (κ3) is 5.60. The van der Waals surface area contributed by atoms with Crippen LogP contribution in [0.25, 0.3) is 11.3 Å². The summed E-state index contributed by atoms with van der Waals surface area (Å²) in [6.45, 7) is -1.26. The molecule has 0 aliphatic rings. The lowest BCUT2D eigenvalue weighted by molar-refractivity contribution is -0.121. The summed E-state index contributed by atoms with van der Waals surface area (Å²) in [5.74, 6) is 0.234. The SMILES string of the molecule is CC(NC(=O)CCc1ncc(-c2ccc(F)cc2)o1)c1ccccc1OC(F)F. The van der Waals surface area contributed by atoms with Crippen LogP contribution in [0, 0.1) is 5.82 Å². The van der Waals surface area contributed by atoms with Gasteiger partial charge in [0, 0.05) is 24.0 Å². The molecule has 0 bridgehead atoms. The molecular weight excluding hydrogens is 385 g/mol. The number of benzene rings is 2. The number of nitrogens with zero attached hydrogens (tertiary/aromatic N) is 1. The highest BCUT2D eigenvalue weighted by atomic mass is 19.3. The molecule has 1 unspecified atom stereocenters. The van der Waals surface area contributed by atoms with Gasteiger partial charge in [-0.25, -0.2) is 9.37 Å². The predicted octanol–water partition coefficient (Wildman–Crippen LogP) is 4.89. The lowest BCUT2D eigenvalue weighted by Crippen LogP contribution is -2.27. The summed E-state index contributed by atoms with van der Waals surface area (Å²) < 4.78 is 48.2. The molecule has 2 aromatic carbocycles. The fourth-order valence-electron chi connectivity index (χ4n) is 2.83. The highest BCUT2D eigenvalue weighted by molar-refractivity contribution is 5.76. The van der Waals surface area contributed by atoms with Crippen LogP contribution in [-0.2, 0) is 11.2 Å². The van der Waals surface area contributed by atoms with Crippen LogP contribution in [0.4, 0.5) is 13.2 Å². The highest BCUT2D eigenvalue weighted by Crippen LogP contribution is 2.26. The van der Waals surface area contributed by atoms with E-state index in [1.54, 1.807) is 37.3 Å². The van der Waals surface area contributed by atoms with E-state index in [1.807, 2.05) is 0 Å². The Balaban J connectivity index is 1.56. The molecule has 1 heterocycles. The molecule has 1 aromatic heterocycles. The molecule has 3 rings (SSSR count). The van der Waals surface area contributed by atoms with E-state index in [4.69, 9.17) is 4.42 Å². The minimum absolute atomic E-state index is 0.0203. The Labute approximate surface area is 165 Å². The van der Waals surface area contributed by atoms with Crippen molar-refractivity contribution in [2.45, 2.75) is 32.4 Å². The molecule has 8 heteroatoms. The monoisotopic (exact) mass is 404 g/mol. The third-order valence-electron chi connectivity index (χ3n) is 4.23. The Morgan fingerprint density at radius 3 is 2.62 bits per heavy atom. The number of para-hydroxylation sites is 1. The zero-order chi connectivity index (χ0) is 20.8. The fraction of sp³-hybridized carbons (Fsp3) is 0.238. The van der Waals surface area contributed by atoms with Gasteiger partial charge in [0.15, 0.2) is 11.7 Å². The molecule has 0 fully saturated rings. The predicted molar refractivity (Wildman–Crippen MR) is 99.8 cm³/mol. The molecule has 0 spiro atoms. The molecule has 0 aliphatic carbocycles. The number of carbonyl (C=O) groups excluding carboxylic acids is 1. The van der Waals surface area contributed by atoms with Crippen LogP contribution in [0.15, 0.2) is 59.1 Å². The minimum Gasteiger partial charge on any atom is -0.441 e. The van der Waals surface area contributed by atoms with E-state index in [-0.39, 0.29) is 30.3 Å². The van der Waals surface area contributed by atoms with Crippen molar-refractivity contribution in [2.75, 3.05) is 0 Å². The second-order valence-electron chi connectivity index (χ2n) is 6.33. The summed E-state index contributed by atoms with van der Waals surface area (Å²) in [5, 5.41) is 2.75. The van der Waals surface area contributed by atoms with E-state index in [1.165, 1.54) is 24.4 Å². The maximum absolute atomic E-state index is 13.0. The Bertz CT molecular complexity index is 958. The Kier molecular flexibility index (Phi) is 6.54. The first-order chi connectivity index (χ1) is 13.9. The third-order valence-corrected chi connectivity index (χ3v) is 4.23. The van der Waals surface area contributed by atoms with Crippen molar-refractivity contribution in [1.29, 1.82) is 0 Å². The van der Waals surface area contributed by atoms with Crippen LogP contribution < -0.4 is 10.1 Å². The molecule has 29 heavy (non-hydrogen) atoms. The zero-order valence-electron chi connectivity index (χ0n) is 15.6. The van der Waals surface area contributed by atoms with Gasteiger partial charge in [-0.15, -0.1) is 0 Å². The van der Waals surface area contributed by atoms with E-state index in [9.17, 15) is 18.0 Å². The van der Waals surface area contributed by atoms with E-state index in [2.05, 4.69) is 15.0 Å². The quantitative estimate of drug-likeness (QED) is 0.581. The number of amides is 1. The highest BCUT2D eigenvalue weighted by Gasteiger charge is 2.17. The molecular formula is C21H19F3N2O3. The van der Waals surface area contributed by atoms with Gasteiger partial charge in [0.1, 0.15) is 11.6 Å². The van der Waals surface area contributed by atoms with Crippen molar-refractivity contribution in [3.05, 3.63) is 72.0 Å². The van der Waals surface area contributed by atoms with Gasteiger partial charge in [-0.3, -0.25) is 4.79 Å². The number of ether oxygens (including phenoxy) is 1. The maximum atomic E-state index is 13.0. The molecule has 0 aliphatic heterocycles. The number of hydrogen-bond donors (Lipinski definition) is 1. The second-order valence-corrected chi connectivity index (χ2v) is 6.33. The number of nitrogens with one attached hydrogen (secondary N) is 1. The molecule has 0 radical (unpaired) electrons. The van der Waals surface area contributed by atoms with Crippen LogP contribution in [0.2, 0.25) is 0 Å². The van der Waals surface area contributed by atoms with Crippen LogP contribution in [0.1, 0.15) is 30.8 Å². The van der Waals surface area contributed by atoms with Crippen LogP contribution >= 0.6 is 0 Å². The van der Waals surface area contributed by atoms with Gasteiger partial charge in [-0.1, -0.05) is 18.2 Å². The molecule has 152 valence electrons. The number of halogens is 3. The second kappa shape index (κ2) is 9.27. The Morgan fingerprint density at radius 1 is 1.17 bits per heavy atom. The summed E-state index contributed by atoms with van der Waals surface area (Å²) in [4.78, 5) is 16.4. The number of aryl methyl sites for hydroxylation is 1. The lowest BCUT2D eigenvalue weighted by Gasteiger charge is -2.18. The number of rotatable bonds is 8. The smallest absolute Gasteiger partial charge is 0.387 e. The van der Waals surface area contributed by atoms with E-state index >= 15 is 0 Å². The summed E-state index contributed by atoms with van der Waals surface area (Å²) >= 11 is 0. The van der Waals surface area contributed by atoms with Crippen LogP contribution in [0.5, 0.6) is 5.75 Å². The fourth-order valence-corrected chi connectivity index (χ4v) is 2.83. The first kappa shape index (κ1) is 20.4. The van der Waals surface area contributed by atoms with Gasteiger partial charge in [0.05, 0.1) is 12.2 Å².